The van der Waals surface area contributed by atoms with E-state index in [9.17, 15) is 18.0 Å². The van der Waals surface area contributed by atoms with Gasteiger partial charge in [0, 0.05) is 12.6 Å². The van der Waals surface area contributed by atoms with Gasteiger partial charge in [-0.05, 0) is 56.2 Å². The van der Waals surface area contributed by atoms with Crippen molar-refractivity contribution >= 4 is 50.7 Å². The second kappa shape index (κ2) is 12.5. The number of rotatable bonds is 11. The summed E-state index contributed by atoms with van der Waals surface area (Å²) >= 11 is 12.1. The van der Waals surface area contributed by atoms with Gasteiger partial charge >= 0.3 is 0 Å². The second-order valence-electron chi connectivity index (χ2n) is 8.33. The van der Waals surface area contributed by atoms with Crippen LogP contribution in [-0.2, 0) is 26.2 Å². The van der Waals surface area contributed by atoms with Crippen molar-refractivity contribution in [1.29, 1.82) is 0 Å². The maximum atomic E-state index is 13.6. The van der Waals surface area contributed by atoms with Gasteiger partial charge in [0.15, 0.2) is 0 Å². The fraction of sp³-hybridized carbons (Fsp3) is 0.417. The van der Waals surface area contributed by atoms with Crippen molar-refractivity contribution < 1.29 is 22.7 Å². The molecule has 0 heterocycles. The molecule has 2 amide bonds. The number of methoxy groups -OCH3 is 1. The highest BCUT2D eigenvalue weighted by atomic mass is 35.5. The molecule has 192 valence electrons. The summed E-state index contributed by atoms with van der Waals surface area (Å²) < 4.78 is 31.5. The smallest absolute Gasteiger partial charge is 0.244 e. The first-order valence-corrected chi connectivity index (χ1v) is 13.6. The molecule has 2 aromatic rings. The molecule has 0 aliphatic carbocycles. The molecule has 0 radical (unpaired) electrons. The third-order valence-electron chi connectivity index (χ3n) is 5.17. The van der Waals surface area contributed by atoms with Crippen molar-refractivity contribution in [1.82, 2.24) is 10.2 Å². The van der Waals surface area contributed by atoms with Crippen LogP contribution in [0.1, 0.15) is 32.8 Å². The van der Waals surface area contributed by atoms with Crippen molar-refractivity contribution in [3.05, 3.63) is 58.1 Å². The van der Waals surface area contributed by atoms with Crippen LogP contribution >= 0.6 is 23.2 Å². The number of nitrogens with zero attached hydrogens (tertiary/aromatic N) is 2. The Labute approximate surface area is 217 Å². The van der Waals surface area contributed by atoms with E-state index in [1.54, 1.807) is 25.1 Å². The monoisotopic (exact) mass is 543 g/mol. The van der Waals surface area contributed by atoms with Crippen LogP contribution in [0.5, 0.6) is 5.75 Å². The molecule has 0 aliphatic heterocycles. The van der Waals surface area contributed by atoms with E-state index in [-0.39, 0.29) is 34.2 Å². The summed E-state index contributed by atoms with van der Waals surface area (Å²) in [6, 6.07) is 10.5. The normalized spacial score (nSPS) is 12.2. The van der Waals surface area contributed by atoms with Crippen LogP contribution in [0, 0.1) is 0 Å². The molecule has 1 atom stereocenters. The number of sulfonamides is 1. The number of anilines is 1. The molecule has 2 aromatic carbocycles. The van der Waals surface area contributed by atoms with Crippen molar-refractivity contribution in [3.8, 4) is 5.75 Å². The zero-order valence-electron chi connectivity index (χ0n) is 20.4. The average molecular weight is 545 g/mol. The first kappa shape index (κ1) is 28.7. The Bertz CT molecular complexity index is 1160. The molecule has 0 aromatic heterocycles. The minimum absolute atomic E-state index is 0.0824. The SMILES string of the molecule is CCC(C(=O)NC(C)C)N(Cc1cccc(OC)c1)C(=O)CN(c1ccc(Cl)c(Cl)c1)S(C)(=O)=O. The number of nitrogens with one attached hydrogen (secondary N) is 1. The predicted molar refractivity (Wildman–Crippen MR) is 140 cm³/mol. The lowest BCUT2D eigenvalue weighted by atomic mass is 10.1. The Morgan fingerprint density at radius 2 is 1.77 bits per heavy atom. The molecule has 2 rings (SSSR count). The Balaban J connectivity index is 2.47. The number of amides is 2. The number of carbonyl (C=O) groups is 2. The summed E-state index contributed by atoms with van der Waals surface area (Å²) in [4.78, 5) is 28.0. The van der Waals surface area contributed by atoms with E-state index < -0.39 is 28.5 Å². The molecule has 0 saturated heterocycles. The highest BCUT2D eigenvalue weighted by Gasteiger charge is 2.32. The van der Waals surface area contributed by atoms with Crippen molar-refractivity contribution in [2.45, 2.75) is 45.8 Å². The standard InChI is InChI=1S/C24H31Cl2N3O5S/c1-6-22(24(31)27-16(2)3)28(14-17-8-7-9-19(12-17)34-4)23(30)15-29(35(5,32)33)18-10-11-20(25)21(26)13-18/h7-13,16,22H,6,14-15H2,1-5H3,(H,27,31). The van der Waals surface area contributed by atoms with Crippen molar-refractivity contribution in [2.24, 2.45) is 0 Å². The summed E-state index contributed by atoms with van der Waals surface area (Å²) in [7, 11) is -2.33. The predicted octanol–water partition coefficient (Wildman–Crippen LogP) is 4.10. The van der Waals surface area contributed by atoms with Crippen LogP contribution < -0.4 is 14.4 Å². The van der Waals surface area contributed by atoms with E-state index in [0.29, 0.717) is 12.2 Å². The number of halogens is 2. The Morgan fingerprint density at radius 3 is 2.31 bits per heavy atom. The summed E-state index contributed by atoms with van der Waals surface area (Å²) in [6.07, 6.45) is 1.33. The fourth-order valence-corrected chi connectivity index (χ4v) is 4.66. The second-order valence-corrected chi connectivity index (χ2v) is 11.0. The summed E-state index contributed by atoms with van der Waals surface area (Å²) in [5, 5.41) is 3.25. The lowest BCUT2D eigenvalue weighted by Gasteiger charge is -2.33. The first-order valence-electron chi connectivity index (χ1n) is 11.0. The Morgan fingerprint density at radius 1 is 1.09 bits per heavy atom. The molecule has 11 heteroatoms. The number of hydrogen-bond acceptors (Lipinski definition) is 5. The highest BCUT2D eigenvalue weighted by molar-refractivity contribution is 7.92. The van der Waals surface area contributed by atoms with E-state index in [4.69, 9.17) is 27.9 Å². The minimum atomic E-state index is -3.87. The quantitative estimate of drug-likeness (QED) is 0.460. The molecular weight excluding hydrogens is 513 g/mol. The van der Waals surface area contributed by atoms with Gasteiger partial charge in [0.2, 0.25) is 21.8 Å². The van der Waals surface area contributed by atoms with Crippen LogP contribution in [0.4, 0.5) is 5.69 Å². The maximum Gasteiger partial charge on any atom is 0.244 e. The molecule has 0 spiro atoms. The van der Waals surface area contributed by atoms with Crippen LogP contribution in [0.3, 0.4) is 0 Å². The van der Waals surface area contributed by atoms with Gasteiger partial charge in [0.1, 0.15) is 18.3 Å². The van der Waals surface area contributed by atoms with Crippen LogP contribution in [0.2, 0.25) is 10.0 Å². The molecule has 0 saturated carbocycles. The molecule has 0 aliphatic rings. The van der Waals surface area contributed by atoms with Crippen LogP contribution in [0.25, 0.3) is 0 Å². The number of ether oxygens (including phenoxy) is 1. The van der Waals surface area contributed by atoms with Gasteiger partial charge in [-0.2, -0.15) is 0 Å². The van der Waals surface area contributed by atoms with E-state index in [1.807, 2.05) is 19.9 Å². The van der Waals surface area contributed by atoms with Gasteiger partial charge in [-0.25, -0.2) is 8.42 Å². The lowest BCUT2D eigenvalue weighted by Crippen LogP contribution is -2.53. The number of carbonyl (C=O) groups excluding carboxylic acids is 2. The van der Waals surface area contributed by atoms with Crippen LogP contribution in [0.15, 0.2) is 42.5 Å². The lowest BCUT2D eigenvalue weighted by molar-refractivity contribution is -0.140. The number of benzene rings is 2. The van der Waals surface area contributed by atoms with E-state index >= 15 is 0 Å². The fourth-order valence-electron chi connectivity index (χ4n) is 3.52. The molecule has 1 unspecified atom stereocenters. The van der Waals surface area contributed by atoms with Crippen molar-refractivity contribution in [2.75, 3.05) is 24.2 Å². The Kier molecular flexibility index (Phi) is 10.2. The van der Waals surface area contributed by atoms with Crippen LogP contribution in [-0.4, -0.2) is 57.1 Å². The van der Waals surface area contributed by atoms with Gasteiger partial charge in [0.25, 0.3) is 0 Å². The zero-order chi connectivity index (χ0) is 26.3. The van der Waals surface area contributed by atoms with Gasteiger partial charge < -0.3 is 15.0 Å². The Hall–Kier alpha value is -2.49. The minimum Gasteiger partial charge on any atom is -0.497 e. The molecule has 8 nitrogen and oxygen atoms in total. The summed E-state index contributed by atoms with van der Waals surface area (Å²) in [5.74, 6) is -0.266. The largest absolute Gasteiger partial charge is 0.497 e. The third-order valence-corrected chi connectivity index (χ3v) is 7.05. The van der Waals surface area contributed by atoms with E-state index in [2.05, 4.69) is 5.32 Å². The molecule has 0 fully saturated rings. The van der Waals surface area contributed by atoms with Gasteiger partial charge in [-0.3, -0.25) is 13.9 Å². The third kappa shape index (κ3) is 8.02. The van der Waals surface area contributed by atoms with E-state index in [1.165, 1.54) is 30.2 Å². The highest BCUT2D eigenvalue weighted by Crippen LogP contribution is 2.29. The average Bonchev–Trinajstić information content (AvgIpc) is 2.78. The van der Waals surface area contributed by atoms with Gasteiger partial charge in [-0.1, -0.05) is 42.3 Å². The molecule has 0 bridgehead atoms. The molecule has 1 N–H and O–H groups in total. The summed E-state index contributed by atoms with van der Waals surface area (Å²) in [5.41, 5.74) is 0.921. The topological polar surface area (TPSA) is 96.0 Å². The zero-order valence-corrected chi connectivity index (χ0v) is 22.7. The maximum absolute atomic E-state index is 13.6. The number of hydrogen-bond donors (Lipinski definition) is 1. The van der Waals surface area contributed by atoms with Crippen molar-refractivity contribution in [3.63, 3.8) is 0 Å². The molecular formula is C24H31Cl2N3O5S. The van der Waals surface area contributed by atoms with E-state index in [0.717, 1.165) is 16.1 Å². The summed E-state index contributed by atoms with van der Waals surface area (Å²) in [6.45, 7) is 5.01. The van der Waals surface area contributed by atoms with Gasteiger partial charge in [0.05, 0.1) is 29.1 Å². The molecule has 35 heavy (non-hydrogen) atoms. The van der Waals surface area contributed by atoms with Gasteiger partial charge in [-0.15, -0.1) is 0 Å². The first-order chi connectivity index (χ1) is 16.4.